The van der Waals surface area contributed by atoms with Gasteiger partial charge in [0.1, 0.15) is 3.53 Å². The Morgan fingerprint density at radius 3 is 1.75 bits per heavy atom. The van der Waals surface area contributed by atoms with Crippen LogP contribution in [0.15, 0.2) is 0 Å². The van der Waals surface area contributed by atoms with E-state index >= 15 is 0 Å². The summed E-state index contributed by atoms with van der Waals surface area (Å²) in [5.41, 5.74) is 0. The van der Waals surface area contributed by atoms with Crippen molar-refractivity contribution < 1.29 is 0 Å². The Labute approximate surface area is 90.3 Å². The van der Waals surface area contributed by atoms with Crippen molar-refractivity contribution in [1.29, 1.82) is 0 Å². The molecule has 3 heteroatoms. The van der Waals surface area contributed by atoms with E-state index in [0.717, 1.165) is 3.53 Å². The van der Waals surface area contributed by atoms with Crippen molar-refractivity contribution in [2.75, 3.05) is 11.5 Å². The van der Waals surface area contributed by atoms with E-state index in [1.165, 1.54) is 37.2 Å². The smallest absolute Gasteiger partial charge is 0.104 e. The molecule has 0 saturated heterocycles. The third-order valence-corrected chi connectivity index (χ3v) is 4.31. The Morgan fingerprint density at radius 2 is 1.42 bits per heavy atom. The van der Waals surface area contributed by atoms with E-state index in [1.807, 2.05) is 23.5 Å². The molecule has 0 atom stereocenters. The maximum absolute atomic E-state index is 5.21. The SMILES string of the molecule is CCCCSC(=S)SCCCC. The molecule has 0 saturated carbocycles. The predicted molar refractivity (Wildman–Crippen MR) is 67.3 cm³/mol. The molecule has 0 nitrogen and oxygen atoms in total. The highest BCUT2D eigenvalue weighted by Gasteiger charge is 1.97. The Hall–Kier alpha value is 0.790. The van der Waals surface area contributed by atoms with Crippen LogP contribution in [-0.2, 0) is 0 Å². The lowest BCUT2D eigenvalue weighted by atomic mass is 10.4. The molecule has 0 heterocycles. The van der Waals surface area contributed by atoms with Crippen LogP contribution in [0.2, 0.25) is 0 Å². The Balaban J connectivity index is 3.10. The minimum atomic E-state index is 1.14. The average Bonchev–Trinajstić information content (AvgIpc) is 2.06. The molecule has 0 spiro atoms. The fourth-order valence-electron chi connectivity index (χ4n) is 0.641. The maximum atomic E-state index is 5.21. The molecule has 0 radical (unpaired) electrons. The lowest BCUT2D eigenvalue weighted by Gasteiger charge is -2.01. The predicted octanol–water partition coefficient (Wildman–Crippen LogP) is 4.34. The molecule has 0 aromatic heterocycles. The molecule has 0 unspecified atom stereocenters. The van der Waals surface area contributed by atoms with Gasteiger partial charge in [0.2, 0.25) is 0 Å². The van der Waals surface area contributed by atoms with Crippen LogP contribution in [0.3, 0.4) is 0 Å². The summed E-state index contributed by atoms with van der Waals surface area (Å²) in [7, 11) is 0. The first-order chi connectivity index (χ1) is 5.81. The van der Waals surface area contributed by atoms with Crippen LogP contribution in [0.4, 0.5) is 0 Å². The molecule has 0 aromatic rings. The second-order valence-electron chi connectivity index (χ2n) is 2.65. The van der Waals surface area contributed by atoms with E-state index in [0.29, 0.717) is 0 Å². The lowest BCUT2D eigenvalue weighted by Crippen LogP contribution is -1.87. The van der Waals surface area contributed by atoms with Crippen LogP contribution in [0.1, 0.15) is 39.5 Å². The van der Waals surface area contributed by atoms with Gasteiger partial charge in [0.15, 0.2) is 0 Å². The molecule has 0 N–H and O–H groups in total. The number of thioether (sulfide) groups is 2. The molecular weight excluding hydrogens is 204 g/mol. The maximum Gasteiger partial charge on any atom is 0.104 e. The van der Waals surface area contributed by atoms with Gasteiger partial charge < -0.3 is 0 Å². The van der Waals surface area contributed by atoms with Crippen molar-refractivity contribution in [2.24, 2.45) is 0 Å². The minimum absolute atomic E-state index is 1.14. The summed E-state index contributed by atoms with van der Waals surface area (Å²) in [6.45, 7) is 4.43. The first kappa shape index (κ1) is 12.8. The van der Waals surface area contributed by atoms with Gasteiger partial charge in [0.25, 0.3) is 0 Å². The van der Waals surface area contributed by atoms with Crippen molar-refractivity contribution >= 4 is 39.3 Å². The van der Waals surface area contributed by atoms with Gasteiger partial charge in [-0.1, -0.05) is 38.9 Å². The second-order valence-corrected chi connectivity index (χ2v) is 6.05. The lowest BCUT2D eigenvalue weighted by molar-refractivity contribution is 0.897. The van der Waals surface area contributed by atoms with E-state index in [-0.39, 0.29) is 0 Å². The van der Waals surface area contributed by atoms with Gasteiger partial charge in [-0.2, -0.15) is 0 Å². The van der Waals surface area contributed by atoms with Gasteiger partial charge in [0.05, 0.1) is 0 Å². The molecule has 0 aliphatic heterocycles. The molecule has 72 valence electrons. The summed E-state index contributed by atoms with van der Waals surface area (Å²) in [5, 5.41) is 0. The molecule has 0 fully saturated rings. The van der Waals surface area contributed by atoms with Crippen molar-refractivity contribution in [1.82, 2.24) is 0 Å². The normalized spacial score (nSPS) is 10.2. The van der Waals surface area contributed by atoms with Crippen LogP contribution < -0.4 is 0 Å². The third-order valence-electron chi connectivity index (χ3n) is 1.44. The van der Waals surface area contributed by atoms with Crippen molar-refractivity contribution in [3.63, 3.8) is 0 Å². The topological polar surface area (TPSA) is 0 Å². The van der Waals surface area contributed by atoms with Gasteiger partial charge >= 0.3 is 0 Å². The van der Waals surface area contributed by atoms with Gasteiger partial charge in [-0.3, -0.25) is 0 Å². The largest absolute Gasteiger partial charge is 0.108 e. The van der Waals surface area contributed by atoms with Gasteiger partial charge in [-0.05, 0) is 24.3 Å². The Bertz CT molecular complexity index is 100. The summed E-state index contributed by atoms with van der Waals surface area (Å²) in [6, 6.07) is 0. The fourth-order valence-corrected chi connectivity index (χ4v) is 3.17. The number of rotatable bonds is 6. The molecular formula is C9H18S3. The van der Waals surface area contributed by atoms with Crippen molar-refractivity contribution in [2.45, 2.75) is 39.5 Å². The molecule has 0 bridgehead atoms. The summed E-state index contributed by atoms with van der Waals surface area (Å²) in [5.74, 6) is 2.41. The fraction of sp³-hybridized carbons (Fsp3) is 0.889. The average molecular weight is 222 g/mol. The number of unbranched alkanes of at least 4 members (excludes halogenated alkanes) is 2. The van der Waals surface area contributed by atoms with Crippen molar-refractivity contribution in [3.05, 3.63) is 0 Å². The van der Waals surface area contributed by atoms with Gasteiger partial charge in [-0.25, -0.2) is 0 Å². The van der Waals surface area contributed by atoms with Crippen LogP contribution in [-0.4, -0.2) is 15.0 Å². The van der Waals surface area contributed by atoms with E-state index in [2.05, 4.69) is 13.8 Å². The van der Waals surface area contributed by atoms with Gasteiger partial charge in [0, 0.05) is 0 Å². The zero-order valence-corrected chi connectivity index (χ0v) is 10.4. The molecule has 0 rings (SSSR count). The molecule has 0 aliphatic carbocycles. The zero-order valence-electron chi connectivity index (χ0n) is 7.97. The molecule has 0 aromatic carbocycles. The van der Waals surface area contributed by atoms with E-state index < -0.39 is 0 Å². The molecule has 12 heavy (non-hydrogen) atoms. The van der Waals surface area contributed by atoms with E-state index in [4.69, 9.17) is 12.2 Å². The Kier molecular flexibility index (Phi) is 10.5. The first-order valence-corrected chi connectivity index (χ1v) is 6.98. The summed E-state index contributed by atoms with van der Waals surface area (Å²) in [4.78, 5) is 0. The zero-order chi connectivity index (χ0) is 9.23. The highest BCUT2D eigenvalue weighted by Crippen LogP contribution is 2.19. The van der Waals surface area contributed by atoms with Crippen LogP contribution in [0, 0.1) is 0 Å². The summed E-state index contributed by atoms with van der Waals surface area (Å²) < 4.78 is 1.14. The van der Waals surface area contributed by atoms with Crippen LogP contribution in [0.5, 0.6) is 0 Å². The summed E-state index contributed by atoms with van der Waals surface area (Å²) in [6.07, 6.45) is 5.13. The summed E-state index contributed by atoms with van der Waals surface area (Å²) >= 11 is 8.90. The number of hydrogen-bond donors (Lipinski definition) is 0. The van der Waals surface area contributed by atoms with Crippen molar-refractivity contribution in [3.8, 4) is 0 Å². The monoisotopic (exact) mass is 222 g/mol. The number of hydrogen-bond acceptors (Lipinski definition) is 3. The highest BCUT2D eigenvalue weighted by atomic mass is 32.2. The number of thiocarbonyl (C=S) groups is 1. The third kappa shape index (κ3) is 8.88. The second kappa shape index (κ2) is 9.87. The van der Waals surface area contributed by atoms with Gasteiger partial charge in [-0.15, -0.1) is 23.5 Å². The van der Waals surface area contributed by atoms with Crippen LogP contribution >= 0.6 is 35.7 Å². The quantitative estimate of drug-likeness (QED) is 0.485. The minimum Gasteiger partial charge on any atom is -0.108 e. The standard InChI is InChI=1S/C9H18S3/c1-3-5-7-11-9(10)12-8-6-4-2/h3-8H2,1-2H3. The molecule has 0 aliphatic rings. The van der Waals surface area contributed by atoms with Crippen LogP contribution in [0.25, 0.3) is 0 Å². The Morgan fingerprint density at radius 1 is 1.00 bits per heavy atom. The first-order valence-electron chi connectivity index (χ1n) is 4.60. The van der Waals surface area contributed by atoms with E-state index in [1.54, 1.807) is 0 Å². The molecule has 0 amide bonds. The highest BCUT2D eigenvalue weighted by molar-refractivity contribution is 8.47. The van der Waals surface area contributed by atoms with E-state index in [9.17, 15) is 0 Å².